The first-order valence-electron chi connectivity index (χ1n) is 5.57. The van der Waals surface area contributed by atoms with Gasteiger partial charge < -0.3 is 14.8 Å². The molecule has 1 rings (SSSR count). The fourth-order valence-electron chi connectivity index (χ4n) is 1.39. The molecule has 0 unspecified atom stereocenters. The van der Waals surface area contributed by atoms with E-state index in [1.807, 2.05) is 24.3 Å². The van der Waals surface area contributed by atoms with Gasteiger partial charge in [-0.2, -0.15) is 5.26 Å². The van der Waals surface area contributed by atoms with Crippen LogP contribution in [0.2, 0.25) is 0 Å². The van der Waals surface area contributed by atoms with Crippen molar-refractivity contribution in [3.05, 3.63) is 29.8 Å². The van der Waals surface area contributed by atoms with Gasteiger partial charge >= 0.3 is 5.97 Å². The summed E-state index contributed by atoms with van der Waals surface area (Å²) in [6.07, 6.45) is 0. The Labute approximate surface area is 106 Å². The van der Waals surface area contributed by atoms with Crippen LogP contribution < -0.4 is 10.1 Å². The minimum absolute atomic E-state index is 0.0233. The number of ether oxygens (including phenoxy) is 2. The second-order valence-corrected chi connectivity index (χ2v) is 3.72. The Morgan fingerprint density at radius 3 is 3.00 bits per heavy atom. The van der Waals surface area contributed by atoms with Crippen molar-refractivity contribution >= 4 is 5.97 Å². The third-order valence-electron chi connectivity index (χ3n) is 2.37. The standard InChI is InChI=1S/C13H16N2O3/c1-10(13(16)17-2)15-9-11-4-3-5-12(8-11)18-7-6-14/h3-5,8,10,15H,7,9H2,1-2H3/t10-/m1/s1. The number of rotatable bonds is 6. The van der Waals surface area contributed by atoms with Gasteiger partial charge in [0.25, 0.3) is 0 Å². The third kappa shape index (κ3) is 4.44. The van der Waals surface area contributed by atoms with Gasteiger partial charge in [-0.3, -0.25) is 4.79 Å². The molecule has 1 aromatic carbocycles. The van der Waals surface area contributed by atoms with E-state index in [0.717, 1.165) is 5.56 Å². The highest BCUT2D eigenvalue weighted by molar-refractivity contribution is 5.75. The Bertz CT molecular complexity index is 440. The van der Waals surface area contributed by atoms with Crippen LogP contribution in [0, 0.1) is 11.3 Å². The van der Waals surface area contributed by atoms with Crippen molar-refractivity contribution in [2.75, 3.05) is 13.7 Å². The molecule has 0 aromatic heterocycles. The number of benzene rings is 1. The molecule has 5 heteroatoms. The van der Waals surface area contributed by atoms with Crippen molar-refractivity contribution < 1.29 is 14.3 Å². The summed E-state index contributed by atoms with van der Waals surface area (Å²) in [4.78, 5) is 11.2. The minimum atomic E-state index is -0.362. The van der Waals surface area contributed by atoms with Crippen LogP contribution in [0.15, 0.2) is 24.3 Å². The molecule has 0 aliphatic rings. The molecule has 5 nitrogen and oxygen atoms in total. The van der Waals surface area contributed by atoms with Crippen molar-refractivity contribution in [2.24, 2.45) is 0 Å². The Balaban J connectivity index is 2.52. The number of carbonyl (C=O) groups excluding carboxylic acids is 1. The molecule has 1 atom stereocenters. The summed E-state index contributed by atoms with van der Waals surface area (Å²) in [6.45, 7) is 2.29. The highest BCUT2D eigenvalue weighted by Crippen LogP contribution is 2.13. The van der Waals surface area contributed by atoms with Crippen LogP contribution in [-0.2, 0) is 16.1 Å². The first-order chi connectivity index (χ1) is 8.67. The van der Waals surface area contributed by atoms with Crippen molar-refractivity contribution in [2.45, 2.75) is 19.5 Å². The topological polar surface area (TPSA) is 71.3 Å². The summed E-state index contributed by atoms with van der Waals surface area (Å²) < 4.78 is 9.81. The Hall–Kier alpha value is -2.06. The van der Waals surface area contributed by atoms with Crippen molar-refractivity contribution in [1.29, 1.82) is 5.26 Å². The summed E-state index contributed by atoms with van der Waals surface area (Å²) in [6, 6.07) is 8.91. The van der Waals surface area contributed by atoms with E-state index in [2.05, 4.69) is 10.1 Å². The van der Waals surface area contributed by atoms with E-state index in [1.165, 1.54) is 7.11 Å². The lowest BCUT2D eigenvalue weighted by atomic mass is 10.2. The second-order valence-electron chi connectivity index (χ2n) is 3.72. The number of methoxy groups -OCH3 is 1. The highest BCUT2D eigenvalue weighted by atomic mass is 16.5. The van der Waals surface area contributed by atoms with Gasteiger partial charge in [0.1, 0.15) is 17.9 Å². The lowest BCUT2D eigenvalue weighted by molar-refractivity contribution is -0.142. The maximum absolute atomic E-state index is 11.2. The molecule has 0 aliphatic heterocycles. The largest absolute Gasteiger partial charge is 0.479 e. The first kappa shape index (κ1) is 14.0. The molecule has 1 N–H and O–H groups in total. The molecular formula is C13H16N2O3. The SMILES string of the molecule is COC(=O)[C@@H](C)NCc1cccc(OCC#N)c1. The average Bonchev–Trinajstić information content (AvgIpc) is 2.42. The third-order valence-corrected chi connectivity index (χ3v) is 2.37. The Morgan fingerprint density at radius 1 is 1.56 bits per heavy atom. The zero-order chi connectivity index (χ0) is 13.4. The van der Waals surface area contributed by atoms with Crippen molar-refractivity contribution in [3.8, 4) is 11.8 Å². The molecule has 0 bridgehead atoms. The summed E-state index contributed by atoms with van der Waals surface area (Å²) >= 11 is 0. The normalized spacial score (nSPS) is 11.4. The van der Waals surface area contributed by atoms with Gasteiger partial charge in [0.2, 0.25) is 0 Å². The van der Waals surface area contributed by atoms with Crippen LogP contribution in [-0.4, -0.2) is 25.7 Å². The molecule has 96 valence electrons. The van der Waals surface area contributed by atoms with E-state index >= 15 is 0 Å². The maximum Gasteiger partial charge on any atom is 0.322 e. The van der Waals surface area contributed by atoms with Crippen molar-refractivity contribution in [3.63, 3.8) is 0 Å². The average molecular weight is 248 g/mol. The fraction of sp³-hybridized carbons (Fsp3) is 0.385. The van der Waals surface area contributed by atoms with Gasteiger partial charge in [-0.05, 0) is 24.6 Å². The lowest BCUT2D eigenvalue weighted by Crippen LogP contribution is -2.34. The molecule has 0 amide bonds. The second kappa shape index (κ2) is 7.30. The number of esters is 1. The Kier molecular flexibility index (Phi) is 5.68. The van der Waals surface area contributed by atoms with Gasteiger partial charge in [0.05, 0.1) is 7.11 Å². The molecule has 0 radical (unpaired) electrons. The number of hydrogen-bond donors (Lipinski definition) is 1. The molecule has 0 heterocycles. The van der Waals surface area contributed by atoms with Crippen LogP contribution in [0.1, 0.15) is 12.5 Å². The zero-order valence-electron chi connectivity index (χ0n) is 10.5. The molecule has 0 saturated heterocycles. The Morgan fingerprint density at radius 2 is 2.33 bits per heavy atom. The van der Waals surface area contributed by atoms with Crippen molar-refractivity contribution in [1.82, 2.24) is 5.32 Å². The van der Waals surface area contributed by atoms with Crippen LogP contribution in [0.3, 0.4) is 0 Å². The van der Waals surface area contributed by atoms with Gasteiger partial charge in [-0.25, -0.2) is 0 Å². The van der Waals surface area contributed by atoms with Gasteiger partial charge in [-0.15, -0.1) is 0 Å². The lowest BCUT2D eigenvalue weighted by Gasteiger charge is -2.12. The van der Waals surface area contributed by atoms with E-state index in [4.69, 9.17) is 10.00 Å². The predicted octanol–water partition coefficient (Wildman–Crippen LogP) is 1.24. The van der Waals surface area contributed by atoms with Crippen LogP contribution in [0.5, 0.6) is 5.75 Å². The number of nitrogens with zero attached hydrogens (tertiary/aromatic N) is 1. The molecule has 18 heavy (non-hydrogen) atoms. The summed E-state index contributed by atoms with van der Waals surface area (Å²) in [5.41, 5.74) is 0.973. The zero-order valence-corrected chi connectivity index (χ0v) is 10.5. The smallest absolute Gasteiger partial charge is 0.322 e. The molecule has 0 fully saturated rings. The summed E-state index contributed by atoms with van der Waals surface area (Å²) in [7, 11) is 1.36. The van der Waals surface area contributed by atoms with Crippen LogP contribution in [0.4, 0.5) is 0 Å². The number of hydrogen-bond acceptors (Lipinski definition) is 5. The number of carbonyl (C=O) groups is 1. The van der Waals surface area contributed by atoms with E-state index in [9.17, 15) is 4.79 Å². The summed E-state index contributed by atoms with van der Waals surface area (Å²) in [5, 5.41) is 11.5. The van der Waals surface area contributed by atoms with Crippen LogP contribution in [0.25, 0.3) is 0 Å². The molecule has 0 saturated carbocycles. The van der Waals surface area contributed by atoms with E-state index in [0.29, 0.717) is 12.3 Å². The fourth-order valence-corrected chi connectivity index (χ4v) is 1.39. The van der Waals surface area contributed by atoms with E-state index in [-0.39, 0.29) is 18.6 Å². The van der Waals surface area contributed by atoms with Gasteiger partial charge in [0.15, 0.2) is 6.61 Å². The number of nitrogens with one attached hydrogen (secondary N) is 1. The van der Waals surface area contributed by atoms with E-state index < -0.39 is 0 Å². The monoisotopic (exact) mass is 248 g/mol. The predicted molar refractivity (Wildman–Crippen MR) is 65.9 cm³/mol. The molecular weight excluding hydrogens is 232 g/mol. The quantitative estimate of drug-likeness (QED) is 0.767. The summed E-state index contributed by atoms with van der Waals surface area (Å²) in [5.74, 6) is 0.341. The van der Waals surface area contributed by atoms with Gasteiger partial charge in [0, 0.05) is 6.54 Å². The minimum Gasteiger partial charge on any atom is -0.479 e. The molecule has 0 spiro atoms. The molecule has 1 aromatic rings. The van der Waals surface area contributed by atoms with E-state index in [1.54, 1.807) is 13.0 Å². The number of nitriles is 1. The highest BCUT2D eigenvalue weighted by Gasteiger charge is 2.11. The molecule has 0 aliphatic carbocycles. The maximum atomic E-state index is 11.2. The van der Waals surface area contributed by atoms with Gasteiger partial charge in [-0.1, -0.05) is 12.1 Å². The first-order valence-corrected chi connectivity index (χ1v) is 5.57. The van der Waals surface area contributed by atoms with Crippen LogP contribution >= 0.6 is 0 Å².